The molecule has 1 atom stereocenters. The topological polar surface area (TPSA) is 6.48 Å². The number of rotatable bonds is 2. The second-order valence-electron chi connectivity index (χ2n) is 4.26. The minimum atomic E-state index is 0.667. The molecule has 0 spiro atoms. The van der Waals surface area contributed by atoms with Gasteiger partial charge in [-0.05, 0) is 38.9 Å². The first kappa shape index (κ1) is 9.78. The van der Waals surface area contributed by atoms with Gasteiger partial charge in [-0.15, -0.1) is 0 Å². The van der Waals surface area contributed by atoms with Crippen molar-refractivity contribution in [2.75, 3.05) is 26.7 Å². The maximum atomic E-state index is 2.47. The molecule has 2 aliphatic heterocycles. The Hall–Kier alpha value is -0.760. The van der Waals surface area contributed by atoms with Crippen LogP contribution in [0.2, 0.25) is 0 Å². The highest BCUT2D eigenvalue weighted by Crippen LogP contribution is 2.24. The highest BCUT2D eigenvalue weighted by molar-refractivity contribution is 5.28. The summed E-state index contributed by atoms with van der Waals surface area (Å²) in [5.41, 5.74) is 1.50. The summed E-state index contributed by atoms with van der Waals surface area (Å²) in [7, 11) is 2.23. The Morgan fingerprint density at radius 3 is 3.00 bits per heavy atom. The average Bonchev–Trinajstić information content (AvgIpc) is 2.65. The Bertz CT molecular complexity index is 255. The zero-order valence-corrected chi connectivity index (χ0v) is 9.24. The molecule has 2 rings (SSSR count). The van der Waals surface area contributed by atoms with Crippen LogP contribution in [-0.2, 0) is 0 Å². The van der Waals surface area contributed by atoms with Crippen molar-refractivity contribution in [3.05, 3.63) is 23.9 Å². The van der Waals surface area contributed by atoms with Crippen LogP contribution in [0.1, 0.15) is 19.8 Å². The molecule has 0 saturated carbocycles. The van der Waals surface area contributed by atoms with E-state index in [-0.39, 0.29) is 0 Å². The highest BCUT2D eigenvalue weighted by Gasteiger charge is 2.24. The maximum Gasteiger partial charge on any atom is 0.0359 e. The Kier molecular flexibility index (Phi) is 2.92. The molecule has 2 nitrogen and oxygen atoms in total. The van der Waals surface area contributed by atoms with Gasteiger partial charge < -0.3 is 4.90 Å². The molecule has 2 heteroatoms. The third-order valence-corrected chi connectivity index (χ3v) is 3.29. The Balaban J connectivity index is 2.09. The molecule has 0 radical (unpaired) electrons. The largest absolute Gasteiger partial charge is 0.374 e. The minimum absolute atomic E-state index is 0.667. The number of likely N-dealkylation sites (N-methyl/N-ethyl adjacent to an activating group) is 2. The van der Waals surface area contributed by atoms with E-state index < -0.39 is 0 Å². The number of likely N-dealkylation sites (tertiary alicyclic amines) is 1. The summed E-state index contributed by atoms with van der Waals surface area (Å²) in [4.78, 5) is 4.84. The highest BCUT2D eigenvalue weighted by atomic mass is 15.2. The van der Waals surface area contributed by atoms with E-state index >= 15 is 0 Å². The van der Waals surface area contributed by atoms with E-state index in [4.69, 9.17) is 0 Å². The molecule has 0 aromatic heterocycles. The molecule has 1 saturated heterocycles. The van der Waals surface area contributed by atoms with Crippen LogP contribution >= 0.6 is 0 Å². The van der Waals surface area contributed by atoms with Gasteiger partial charge in [0.25, 0.3) is 0 Å². The van der Waals surface area contributed by atoms with Gasteiger partial charge in [-0.25, -0.2) is 0 Å². The van der Waals surface area contributed by atoms with E-state index in [2.05, 4.69) is 42.1 Å². The van der Waals surface area contributed by atoms with Crippen LogP contribution in [0, 0.1) is 0 Å². The van der Waals surface area contributed by atoms with E-state index in [1.54, 1.807) is 0 Å². The summed E-state index contributed by atoms with van der Waals surface area (Å²) < 4.78 is 0. The Labute approximate surface area is 86.9 Å². The monoisotopic (exact) mass is 192 g/mol. The Morgan fingerprint density at radius 1 is 1.50 bits per heavy atom. The van der Waals surface area contributed by atoms with Gasteiger partial charge in [0, 0.05) is 25.3 Å². The number of hydrogen-bond donors (Lipinski definition) is 0. The molecule has 0 aromatic carbocycles. The molecule has 1 unspecified atom stereocenters. The molecular weight excluding hydrogens is 172 g/mol. The lowest BCUT2D eigenvalue weighted by Crippen LogP contribution is -2.29. The predicted molar refractivity (Wildman–Crippen MR) is 60.1 cm³/mol. The van der Waals surface area contributed by atoms with E-state index in [1.807, 2.05) is 0 Å². The van der Waals surface area contributed by atoms with Crippen LogP contribution in [0.5, 0.6) is 0 Å². The molecule has 0 aromatic rings. The van der Waals surface area contributed by atoms with E-state index in [9.17, 15) is 0 Å². The molecule has 0 amide bonds. The summed E-state index contributed by atoms with van der Waals surface area (Å²) in [6, 6.07) is 0.667. The van der Waals surface area contributed by atoms with Crippen molar-refractivity contribution < 1.29 is 0 Å². The van der Waals surface area contributed by atoms with Crippen LogP contribution in [0.4, 0.5) is 0 Å². The van der Waals surface area contributed by atoms with E-state index in [0.29, 0.717) is 6.04 Å². The standard InChI is InChI=1S/C12H20N2/c1-3-14-9-4-6-11(10-14)12-7-5-8-13(12)2/h4,6,10,12H,3,5,7-9H2,1-2H3. The summed E-state index contributed by atoms with van der Waals surface area (Å²) >= 11 is 0. The smallest absolute Gasteiger partial charge is 0.0359 e. The Morgan fingerprint density at radius 2 is 2.36 bits per heavy atom. The molecular formula is C12H20N2. The van der Waals surface area contributed by atoms with Crippen LogP contribution < -0.4 is 0 Å². The second kappa shape index (κ2) is 4.18. The van der Waals surface area contributed by atoms with Crippen molar-refractivity contribution in [2.45, 2.75) is 25.8 Å². The van der Waals surface area contributed by atoms with Crippen LogP contribution in [0.3, 0.4) is 0 Å². The van der Waals surface area contributed by atoms with Gasteiger partial charge in [0.2, 0.25) is 0 Å². The van der Waals surface area contributed by atoms with Gasteiger partial charge >= 0.3 is 0 Å². The first-order valence-corrected chi connectivity index (χ1v) is 5.64. The van der Waals surface area contributed by atoms with Gasteiger partial charge in [0.05, 0.1) is 0 Å². The van der Waals surface area contributed by atoms with Gasteiger partial charge in [-0.2, -0.15) is 0 Å². The van der Waals surface area contributed by atoms with Crippen molar-refractivity contribution in [1.29, 1.82) is 0 Å². The second-order valence-corrected chi connectivity index (χ2v) is 4.26. The van der Waals surface area contributed by atoms with Crippen LogP contribution in [0.25, 0.3) is 0 Å². The fourth-order valence-corrected chi connectivity index (χ4v) is 2.38. The molecule has 2 heterocycles. The average molecular weight is 192 g/mol. The third kappa shape index (κ3) is 1.85. The van der Waals surface area contributed by atoms with Crippen molar-refractivity contribution in [1.82, 2.24) is 9.80 Å². The zero-order chi connectivity index (χ0) is 9.97. The predicted octanol–water partition coefficient (Wildman–Crippen LogP) is 1.86. The van der Waals surface area contributed by atoms with E-state index in [0.717, 1.165) is 13.1 Å². The maximum absolute atomic E-state index is 2.47. The summed E-state index contributed by atoms with van der Waals surface area (Å²) in [5, 5.41) is 0. The first-order valence-electron chi connectivity index (χ1n) is 5.64. The normalized spacial score (nSPS) is 28.3. The van der Waals surface area contributed by atoms with Crippen molar-refractivity contribution in [3.8, 4) is 0 Å². The van der Waals surface area contributed by atoms with Crippen LogP contribution in [0.15, 0.2) is 23.9 Å². The lowest BCUT2D eigenvalue weighted by Gasteiger charge is -2.27. The third-order valence-electron chi connectivity index (χ3n) is 3.29. The van der Waals surface area contributed by atoms with Crippen molar-refractivity contribution in [2.24, 2.45) is 0 Å². The van der Waals surface area contributed by atoms with Crippen molar-refractivity contribution >= 4 is 0 Å². The fraction of sp³-hybridized carbons (Fsp3) is 0.667. The molecule has 78 valence electrons. The number of hydrogen-bond acceptors (Lipinski definition) is 2. The van der Waals surface area contributed by atoms with Gasteiger partial charge in [0.15, 0.2) is 0 Å². The molecule has 0 N–H and O–H groups in total. The summed E-state index contributed by atoms with van der Waals surface area (Å²) in [6.07, 6.45) is 9.60. The molecule has 1 fully saturated rings. The lowest BCUT2D eigenvalue weighted by molar-refractivity contribution is 0.338. The molecule has 0 bridgehead atoms. The number of nitrogens with zero attached hydrogens (tertiary/aromatic N) is 2. The van der Waals surface area contributed by atoms with E-state index in [1.165, 1.54) is 25.0 Å². The van der Waals surface area contributed by atoms with Gasteiger partial charge in [-0.1, -0.05) is 12.2 Å². The zero-order valence-electron chi connectivity index (χ0n) is 9.24. The molecule has 14 heavy (non-hydrogen) atoms. The first-order chi connectivity index (χ1) is 6.81. The molecule has 2 aliphatic rings. The van der Waals surface area contributed by atoms with Crippen molar-refractivity contribution in [3.63, 3.8) is 0 Å². The summed E-state index contributed by atoms with van der Waals surface area (Å²) in [6.45, 7) is 5.66. The van der Waals surface area contributed by atoms with Gasteiger partial charge in [-0.3, -0.25) is 4.90 Å². The van der Waals surface area contributed by atoms with Crippen LogP contribution in [-0.4, -0.2) is 42.5 Å². The fourth-order valence-electron chi connectivity index (χ4n) is 2.38. The van der Waals surface area contributed by atoms with Gasteiger partial charge in [0.1, 0.15) is 0 Å². The minimum Gasteiger partial charge on any atom is -0.374 e. The quantitative estimate of drug-likeness (QED) is 0.659. The SMILES string of the molecule is CCN1C=C(C2CCCN2C)C=CC1. The lowest BCUT2D eigenvalue weighted by atomic mass is 10.0. The summed E-state index contributed by atoms with van der Waals surface area (Å²) in [5.74, 6) is 0. The molecule has 0 aliphatic carbocycles.